The van der Waals surface area contributed by atoms with E-state index in [1.807, 2.05) is 30.5 Å². The quantitative estimate of drug-likeness (QED) is 0.918. The monoisotopic (exact) mass is 257 g/mol. The molecule has 1 aliphatic heterocycles. The summed E-state index contributed by atoms with van der Waals surface area (Å²) < 4.78 is 5.71. The van der Waals surface area contributed by atoms with Gasteiger partial charge in [0.25, 0.3) is 0 Å². The molecule has 1 aromatic heterocycles. The predicted molar refractivity (Wildman–Crippen MR) is 74.9 cm³/mol. The van der Waals surface area contributed by atoms with Gasteiger partial charge in [-0.2, -0.15) is 0 Å². The molecule has 2 unspecified atom stereocenters. The average molecular weight is 257 g/mol. The van der Waals surface area contributed by atoms with Gasteiger partial charge in [-0.05, 0) is 36.3 Å². The number of hydrogen-bond donors (Lipinski definition) is 1. The molecule has 0 saturated carbocycles. The smallest absolute Gasteiger partial charge is 0.0820 e. The number of hydrogen-bond acceptors (Lipinski definition) is 3. The van der Waals surface area contributed by atoms with Gasteiger partial charge in [-0.25, -0.2) is 0 Å². The Morgan fingerprint density at radius 3 is 3.11 bits per heavy atom. The Morgan fingerprint density at radius 1 is 1.32 bits per heavy atom. The van der Waals surface area contributed by atoms with E-state index in [-0.39, 0.29) is 6.10 Å². The number of pyridine rings is 1. The fraction of sp³-hybridized carbons (Fsp3) is 0.438. The molecule has 1 aromatic carbocycles. The van der Waals surface area contributed by atoms with Gasteiger partial charge in [0.2, 0.25) is 0 Å². The number of aromatic nitrogens is 1. The fourth-order valence-corrected chi connectivity index (χ4v) is 2.81. The standard InChI is InChI=1S/C16H19NO2/c18-16(10-13-5-1-2-9-19-13)15-6-3-4-12-11-17-8-7-14(12)15/h3-4,6-8,11,13,16,18H,1-2,5,9-10H2. The molecule has 100 valence electrons. The van der Waals surface area contributed by atoms with Gasteiger partial charge in [-0.15, -0.1) is 0 Å². The molecule has 19 heavy (non-hydrogen) atoms. The third-order valence-corrected chi connectivity index (χ3v) is 3.83. The number of benzene rings is 1. The van der Waals surface area contributed by atoms with Gasteiger partial charge in [-0.3, -0.25) is 4.98 Å². The van der Waals surface area contributed by atoms with E-state index < -0.39 is 6.10 Å². The zero-order chi connectivity index (χ0) is 13.1. The Hall–Kier alpha value is -1.45. The summed E-state index contributed by atoms with van der Waals surface area (Å²) in [6.45, 7) is 0.830. The van der Waals surface area contributed by atoms with Gasteiger partial charge in [0.15, 0.2) is 0 Å². The Bertz CT molecular complexity index is 544. The predicted octanol–water partition coefficient (Wildman–Crippen LogP) is 3.23. The number of fused-ring (bicyclic) bond motifs is 1. The second kappa shape index (κ2) is 5.68. The fourth-order valence-electron chi connectivity index (χ4n) is 2.81. The van der Waals surface area contributed by atoms with Gasteiger partial charge < -0.3 is 9.84 Å². The van der Waals surface area contributed by atoms with Crippen molar-refractivity contribution in [3.8, 4) is 0 Å². The molecule has 0 spiro atoms. The van der Waals surface area contributed by atoms with E-state index in [2.05, 4.69) is 4.98 Å². The average Bonchev–Trinajstić information content (AvgIpc) is 2.47. The van der Waals surface area contributed by atoms with Gasteiger partial charge in [0, 0.05) is 30.8 Å². The van der Waals surface area contributed by atoms with Crippen molar-refractivity contribution in [2.45, 2.75) is 37.9 Å². The molecule has 3 nitrogen and oxygen atoms in total. The highest BCUT2D eigenvalue weighted by molar-refractivity contribution is 5.85. The third-order valence-electron chi connectivity index (χ3n) is 3.83. The minimum Gasteiger partial charge on any atom is -0.388 e. The number of nitrogens with zero attached hydrogens (tertiary/aromatic N) is 1. The first-order chi connectivity index (χ1) is 9.34. The molecule has 1 aliphatic rings. The summed E-state index contributed by atoms with van der Waals surface area (Å²) in [7, 11) is 0. The molecule has 1 saturated heterocycles. The Balaban J connectivity index is 1.82. The van der Waals surface area contributed by atoms with Gasteiger partial charge in [-0.1, -0.05) is 18.2 Å². The number of rotatable bonds is 3. The van der Waals surface area contributed by atoms with Gasteiger partial charge in [0.1, 0.15) is 0 Å². The number of aliphatic hydroxyl groups excluding tert-OH is 1. The molecule has 2 atom stereocenters. The lowest BCUT2D eigenvalue weighted by molar-refractivity contribution is -0.0152. The molecule has 0 bridgehead atoms. The first-order valence-corrected chi connectivity index (χ1v) is 6.97. The van der Waals surface area contributed by atoms with E-state index in [1.165, 1.54) is 6.42 Å². The van der Waals surface area contributed by atoms with E-state index in [0.717, 1.165) is 35.8 Å². The van der Waals surface area contributed by atoms with Crippen LogP contribution in [0.5, 0.6) is 0 Å². The zero-order valence-electron chi connectivity index (χ0n) is 11.0. The van der Waals surface area contributed by atoms with Crippen LogP contribution in [0.3, 0.4) is 0 Å². The molecular formula is C16H19NO2. The Labute approximate surface area is 113 Å². The summed E-state index contributed by atoms with van der Waals surface area (Å²) in [6, 6.07) is 7.96. The van der Waals surface area contributed by atoms with Crippen molar-refractivity contribution in [3.63, 3.8) is 0 Å². The van der Waals surface area contributed by atoms with Crippen molar-refractivity contribution in [2.75, 3.05) is 6.61 Å². The third kappa shape index (κ3) is 2.77. The highest BCUT2D eigenvalue weighted by Gasteiger charge is 2.20. The molecule has 2 aromatic rings. The van der Waals surface area contributed by atoms with Crippen molar-refractivity contribution in [2.24, 2.45) is 0 Å². The molecule has 3 rings (SSSR count). The zero-order valence-corrected chi connectivity index (χ0v) is 11.0. The molecule has 0 radical (unpaired) electrons. The maximum Gasteiger partial charge on any atom is 0.0820 e. The van der Waals surface area contributed by atoms with E-state index in [4.69, 9.17) is 4.74 Å². The second-order valence-electron chi connectivity index (χ2n) is 5.18. The number of aliphatic hydroxyl groups is 1. The van der Waals surface area contributed by atoms with Crippen LogP contribution in [-0.2, 0) is 4.74 Å². The van der Waals surface area contributed by atoms with Crippen LogP contribution < -0.4 is 0 Å². The van der Waals surface area contributed by atoms with Crippen LogP contribution >= 0.6 is 0 Å². The van der Waals surface area contributed by atoms with Crippen LogP contribution in [0, 0.1) is 0 Å². The van der Waals surface area contributed by atoms with E-state index in [9.17, 15) is 5.11 Å². The molecule has 2 heterocycles. The summed E-state index contributed by atoms with van der Waals surface area (Å²) >= 11 is 0. The summed E-state index contributed by atoms with van der Waals surface area (Å²) in [5.74, 6) is 0. The van der Waals surface area contributed by atoms with E-state index in [1.54, 1.807) is 6.20 Å². The van der Waals surface area contributed by atoms with Crippen LogP contribution in [0.2, 0.25) is 0 Å². The normalized spacial score (nSPS) is 21.4. The molecule has 3 heteroatoms. The van der Waals surface area contributed by atoms with Crippen LogP contribution in [0.25, 0.3) is 10.8 Å². The molecule has 0 aliphatic carbocycles. The van der Waals surface area contributed by atoms with E-state index in [0.29, 0.717) is 6.42 Å². The van der Waals surface area contributed by atoms with Gasteiger partial charge in [0.05, 0.1) is 12.2 Å². The lowest BCUT2D eigenvalue weighted by atomic mass is 9.95. The van der Waals surface area contributed by atoms with Crippen LogP contribution in [0.1, 0.15) is 37.4 Å². The van der Waals surface area contributed by atoms with Crippen molar-refractivity contribution < 1.29 is 9.84 Å². The van der Waals surface area contributed by atoms with Crippen molar-refractivity contribution in [1.29, 1.82) is 0 Å². The maximum atomic E-state index is 10.5. The SMILES string of the molecule is OC(CC1CCCCO1)c1cccc2cnccc12. The van der Waals surface area contributed by atoms with E-state index >= 15 is 0 Å². The highest BCUT2D eigenvalue weighted by Crippen LogP contribution is 2.29. The summed E-state index contributed by atoms with van der Waals surface area (Å²) in [4.78, 5) is 4.12. The van der Waals surface area contributed by atoms with Crippen molar-refractivity contribution in [3.05, 3.63) is 42.2 Å². The molecule has 1 fully saturated rings. The lowest BCUT2D eigenvalue weighted by Crippen LogP contribution is -2.21. The van der Waals surface area contributed by atoms with Crippen LogP contribution in [-0.4, -0.2) is 22.8 Å². The topological polar surface area (TPSA) is 42.4 Å². The van der Waals surface area contributed by atoms with Crippen LogP contribution in [0.15, 0.2) is 36.7 Å². The maximum absolute atomic E-state index is 10.5. The first-order valence-electron chi connectivity index (χ1n) is 6.97. The first kappa shape index (κ1) is 12.6. The molecule has 0 amide bonds. The van der Waals surface area contributed by atoms with Gasteiger partial charge >= 0.3 is 0 Å². The molecular weight excluding hydrogens is 238 g/mol. The van der Waals surface area contributed by atoms with Crippen molar-refractivity contribution >= 4 is 10.8 Å². The summed E-state index contributed by atoms with van der Waals surface area (Å²) in [6.07, 6.45) is 7.43. The molecule has 1 N–H and O–H groups in total. The Kier molecular flexibility index (Phi) is 3.76. The summed E-state index contributed by atoms with van der Waals surface area (Å²) in [5.41, 5.74) is 0.981. The largest absolute Gasteiger partial charge is 0.388 e. The second-order valence-corrected chi connectivity index (χ2v) is 5.18. The minimum absolute atomic E-state index is 0.195. The number of ether oxygens (including phenoxy) is 1. The van der Waals surface area contributed by atoms with Crippen molar-refractivity contribution in [1.82, 2.24) is 4.98 Å². The highest BCUT2D eigenvalue weighted by atomic mass is 16.5. The summed E-state index contributed by atoms with van der Waals surface area (Å²) in [5, 5.41) is 12.6. The Morgan fingerprint density at radius 2 is 2.26 bits per heavy atom. The lowest BCUT2D eigenvalue weighted by Gasteiger charge is -2.25. The van der Waals surface area contributed by atoms with Crippen LogP contribution in [0.4, 0.5) is 0 Å². The minimum atomic E-state index is -0.464.